The monoisotopic (exact) mass is 609 g/mol. The minimum absolute atomic E-state index is 0.0458. The van der Waals surface area contributed by atoms with Crippen molar-refractivity contribution < 1.29 is 33.1 Å². The lowest BCUT2D eigenvalue weighted by Gasteiger charge is -2.37. The summed E-state index contributed by atoms with van der Waals surface area (Å²) in [4.78, 5) is 50.1. The van der Waals surface area contributed by atoms with E-state index in [4.69, 9.17) is 25.8 Å². The Morgan fingerprint density at radius 1 is 1.05 bits per heavy atom. The van der Waals surface area contributed by atoms with Crippen molar-refractivity contribution in [2.45, 2.75) is 39.2 Å². The zero-order chi connectivity index (χ0) is 29.8. The lowest BCUT2D eigenvalue weighted by molar-refractivity contribution is -0.137. The predicted molar refractivity (Wildman–Crippen MR) is 154 cm³/mol. The SMILES string of the molecule is CCOP(=O)(C[C@H](NC(=O)c1cc(Cl)nc(-c2ccccc2)n1)C(=O)N1CCN(CCCCC(=O)O)CC1)OCC. The fourth-order valence-corrected chi connectivity index (χ4v) is 6.40. The van der Waals surface area contributed by atoms with Crippen molar-refractivity contribution in [3.8, 4) is 11.4 Å². The Bertz CT molecular complexity index is 1220. The molecule has 1 fully saturated rings. The zero-order valence-electron chi connectivity index (χ0n) is 23.3. The van der Waals surface area contributed by atoms with Crippen LogP contribution in [0.5, 0.6) is 0 Å². The first kappa shape index (κ1) is 32.6. The topological polar surface area (TPSA) is 151 Å². The van der Waals surface area contributed by atoms with Gasteiger partial charge in [0, 0.05) is 44.2 Å². The van der Waals surface area contributed by atoms with Crippen LogP contribution in [0.3, 0.4) is 0 Å². The third-order valence-electron chi connectivity index (χ3n) is 6.42. The number of amides is 2. The molecule has 2 aromatic rings. The van der Waals surface area contributed by atoms with E-state index in [0.29, 0.717) is 38.2 Å². The normalized spacial score (nSPS) is 15.0. The molecule has 14 heteroatoms. The zero-order valence-corrected chi connectivity index (χ0v) is 25.0. The summed E-state index contributed by atoms with van der Waals surface area (Å²) in [5, 5.41) is 11.6. The number of carbonyl (C=O) groups is 3. The van der Waals surface area contributed by atoms with Crippen LogP contribution in [-0.4, -0.2) is 101 Å². The van der Waals surface area contributed by atoms with Gasteiger partial charge in [0.15, 0.2) is 5.82 Å². The second-order valence-electron chi connectivity index (χ2n) is 9.44. The average molecular weight is 610 g/mol. The number of aromatic nitrogens is 2. The smallest absolute Gasteiger partial charge is 0.333 e. The summed E-state index contributed by atoms with van der Waals surface area (Å²) >= 11 is 6.20. The van der Waals surface area contributed by atoms with Gasteiger partial charge in [-0.2, -0.15) is 0 Å². The number of benzene rings is 1. The number of rotatable bonds is 15. The first-order valence-electron chi connectivity index (χ1n) is 13.7. The Kier molecular flexibility index (Phi) is 12.7. The van der Waals surface area contributed by atoms with Gasteiger partial charge in [-0.05, 0) is 33.2 Å². The molecule has 2 N–H and O–H groups in total. The van der Waals surface area contributed by atoms with E-state index in [1.165, 1.54) is 6.07 Å². The molecule has 224 valence electrons. The predicted octanol–water partition coefficient (Wildman–Crippen LogP) is 3.56. The number of unbranched alkanes of at least 4 members (excludes halogenated alkanes) is 1. The van der Waals surface area contributed by atoms with Gasteiger partial charge in [0.1, 0.15) is 16.9 Å². The molecule has 0 saturated carbocycles. The highest BCUT2D eigenvalue weighted by Crippen LogP contribution is 2.48. The van der Waals surface area contributed by atoms with E-state index in [-0.39, 0.29) is 42.5 Å². The van der Waals surface area contributed by atoms with E-state index < -0.39 is 31.4 Å². The molecule has 2 heterocycles. The van der Waals surface area contributed by atoms with Crippen LogP contribution in [0.4, 0.5) is 0 Å². The molecule has 1 saturated heterocycles. The highest BCUT2D eigenvalue weighted by molar-refractivity contribution is 7.54. The molecule has 1 aliphatic heterocycles. The molecule has 1 aromatic carbocycles. The lowest BCUT2D eigenvalue weighted by Crippen LogP contribution is -2.56. The second-order valence-corrected chi connectivity index (χ2v) is 11.9. The van der Waals surface area contributed by atoms with Gasteiger partial charge in [0.05, 0.1) is 19.4 Å². The van der Waals surface area contributed by atoms with Gasteiger partial charge in [-0.25, -0.2) is 9.97 Å². The molecule has 1 aromatic heterocycles. The van der Waals surface area contributed by atoms with E-state index >= 15 is 0 Å². The van der Waals surface area contributed by atoms with Crippen molar-refractivity contribution in [3.05, 3.63) is 47.2 Å². The number of hydrogen-bond acceptors (Lipinski definition) is 9. The van der Waals surface area contributed by atoms with Gasteiger partial charge in [0.25, 0.3) is 5.91 Å². The van der Waals surface area contributed by atoms with Crippen LogP contribution in [0.25, 0.3) is 11.4 Å². The summed E-state index contributed by atoms with van der Waals surface area (Å²) in [6.07, 6.45) is 1.12. The van der Waals surface area contributed by atoms with Crippen molar-refractivity contribution in [2.75, 3.05) is 52.1 Å². The second kappa shape index (κ2) is 15.9. The van der Waals surface area contributed by atoms with Crippen LogP contribution in [0.15, 0.2) is 36.4 Å². The maximum Gasteiger partial charge on any atom is 0.333 e. The van der Waals surface area contributed by atoms with E-state index in [9.17, 15) is 18.9 Å². The van der Waals surface area contributed by atoms with Crippen LogP contribution in [0.1, 0.15) is 43.6 Å². The molecule has 12 nitrogen and oxygen atoms in total. The molecule has 0 unspecified atom stereocenters. The third-order valence-corrected chi connectivity index (χ3v) is 8.73. The molecule has 41 heavy (non-hydrogen) atoms. The minimum atomic E-state index is -3.71. The average Bonchev–Trinajstić information content (AvgIpc) is 2.95. The van der Waals surface area contributed by atoms with Crippen molar-refractivity contribution in [3.63, 3.8) is 0 Å². The van der Waals surface area contributed by atoms with Gasteiger partial charge in [-0.1, -0.05) is 41.9 Å². The maximum atomic E-state index is 13.7. The lowest BCUT2D eigenvalue weighted by atomic mass is 10.2. The molecule has 1 atom stereocenters. The Morgan fingerprint density at radius 2 is 1.71 bits per heavy atom. The number of carboxylic acids is 1. The molecule has 0 bridgehead atoms. The Hall–Kier alpha value is -2.89. The Labute approximate surface area is 244 Å². The maximum absolute atomic E-state index is 13.7. The number of halogens is 1. The van der Waals surface area contributed by atoms with Crippen molar-refractivity contribution in [2.24, 2.45) is 0 Å². The summed E-state index contributed by atoms with van der Waals surface area (Å²) in [7, 11) is -3.71. The number of carbonyl (C=O) groups excluding carboxylic acids is 2. The van der Waals surface area contributed by atoms with E-state index in [0.717, 1.165) is 13.0 Å². The Morgan fingerprint density at radius 3 is 2.32 bits per heavy atom. The van der Waals surface area contributed by atoms with Crippen molar-refractivity contribution >= 4 is 37.0 Å². The van der Waals surface area contributed by atoms with Crippen LogP contribution in [0, 0.1) is 0 Å². The molecule has 0 radical (unpaired) electrons. The molecular formula is C27H37ClN5O7P. The molecular weight excluding hydrogens is 573 g/mol. The van der Waals surface area contributed by atoms with E-state index in [1.807, 2.05) is 18.2 Å². The summed E-state index contributed by atoms with van der Waals surface area (Å²) in [5.41, 5.74) is 0.616. The summed E-state index contributed by atoms with van der Waals surface area (Å²) in [6.45, 7) is 6.27. The van der Waals surface area contributed by atoms with E-state index in [1.54, 1.807) is 30.9 Å². The largest absolute Gasteiger partial charge is 0.481 e. The van der Waals surface area contributed by atoms with Gasteiger partial charge >= 0.3 is 13.6 Å². The first-order valence-corrected chi connectivity index (χ1v) is 15.8. The van der Waals surface area contributed by atoms with Crippen LogP contribution >= 0.6 is 19.2 Å². The number of piperazine rings is 1. The van der Waals surface area contributed by atoms with E-state index in [2.05, 4.69) is 20.2 Å². The fourth-order valence-electron chi connectivity index (χ4n) is 4.45. The summed E-state index contributed by atoms with van der Waals surface area (Å²) < 4.78 is 24.3. The van der Waals surface area contributed by atoms with Crippen LogP contribution in [0.2, 0.25) is 5.15 Å². The number of carboxylic acid groups (broad SMARTS) is 1. The highest BCUT2D eigenvalue weighted by Gasteiger charge is 2.37. The van der Waals surface area contributed by atoms with Gasteiger partial charge in [0.2, 0.25) is 5.91 Å². The van der Waals surface area contributed by atoms with Crippen molar-refractivity contribution in [1.29, 1.82) is 0 Å². The summed E-state index contributed by atoms with van der Waals surface area (Å²) in [5.74, 6) is -1.65. The molecule has 2 amide bonds. The molecule has 0 aliphatic carbocycles. The van der Waals surface area contributed by atoms with Gasteiger partial charge < -0.3 is 24.4 Å². The third kappa shape index (κ3) is 10.2. The fraction of sp³-hybridized carbons (Fsp3) is 0.519. The summed E-state index contributed by atoms with van der Waals surface area (Å²) in [6, 6.07) is 9.12. The molecule has 1 aliphatic rings. The van der Waals surface area contributed by atoms with Gasteiger partial charge in [-0.15, -0.1) is 0 Å². The number of hydrogen-bond donors (Lipinski definition) is 2. The Balaban J connectivity index is 1.76. The highest BCUT2D eigenvalue weighted by atomic mass is 35.5. The minimum Gasteiger partial charge on any atom is -0.481 e. The standard InChI is InChI=1S/C27H37ClN5O7P/c1-3-39-41(38,40-4-2)19-22(27(37)33-16-14-32(15-17-33)13-9-8-12-24(34)35)30-26(36)21-18-23(28)31-25(29-21)20-10-6-5-7-11-20/h5-7,10-11,18,22H,3-4,8-9,12-17,19H2,1-2H3,(H,30,36)(H,34,35)/t22-/m0/s1. The molecule has 0 spiro atoms. The number of aliphatic carboxylic acids is 1. The van der Waals surface area contributed by atoms with Crippen molar-refractivity contribution in [1.82, 2.24) is 25.1 Å². The number of nitrogens with one attached hydrogen (secondary N) is 1. The van der Waals surface area contributed by atoms with Gasteiger partial charge in [-0.3, -0.25) is 23.8 Å². The number of nitrogens with zero attached hydrogens (tertiary/aromatic N) is 4. The first-order chi connectivity index (χ1) is 19.6. The van der Waals surface area contributed by atoms with Crippen LogP contribution < -0.4 is 5.32 Å². The molecule has 3 rings (SSSR count). The van der Waals surface area contributed by atoms with Crippen LogP contribution in [-0.2, 0) is 23.2 Å². The quantitative estimate of drug-likeness (QED) is 0.174.